The molecule has 1 aliphatic carbocycles. The molecule has 2 rings (SSSR count). The number of nitrogens with two attached hydrogens (primary N) is 1. The van der Waals surface area contributed by atoms with Gasteiger partial charge in [0, 0.05) is 11.3 Å². The SMILES string of the molecule is CC(C(=O)O)c1nc(N)c2c(n1)CCC2. The Labute approximate surface area is 87.4 Å². The number of hydrogen-bond donors (Lipinski definition) is 2. The standard InChI is InChI=1S/C10H13N3O2/c1-5(10(14)15)9-12-7-4-2-3-6(7)8(11)13-9/h5H,2-4H2,1H3,(H,14,15)(H2,11,12,13). The summed E-state index contributed by atoms with van der Waals surface area (Å²) in [7, 11) is 0. The van der Waals surface area contributed by atoms with Gasteiger partial charge in [-0.3, -0.25) is 4.79 Å². The number of fused-ring (bicyclic) bond motifs is 1. The van der Waals surface area contributed by atoms with Gasteiger partial charge in [-0.15, -0.1) is 0 Å². The summed E-state index contributed by atoms with van der Waals surface area (Å²) < 4.78 is 0. The van der Waals surface area contributed by atoms with Crippen LogP contribution in [0.5, 0.6) is 0 Å². The Balaban J connectivity index is 2.43. The average Bonchev–Trinajstić information content (AvgIpc) is 2.64. The van der Waals surface area contributed by atoms with E-state index < -0.39 is 11.9 Å². The summed E-state index contributed by atoms with van der Waals surface area (Å²) in [6.45, 7) is 1.57. The first-order valence-electron chi connectivity index (χ1n) is 4.97. The van der Waals surface area contributed by atoms with E-state index in [0.29, 0.717) is 11.6 Å². The maximum atomic E-state index is 10.8. The van der Waals surface area contributed by atoms with E-state index in [0.717, 1.165) is 30.5 Å². The van der Waals surface area contributed by atoms with Crippen LogP contribution in [0.1, 0.15) is 36.3 Å². The summed E-state index contributed by atoms with van der Waals surface area (Å²) in [6.07, 6.45) is 2.81. The first-order valence-corrected chi connectivity index (χ1v) is 4.97. The van der Waals surface area contributed by atoms with Crippen LogP contribution in [0.25, 0.3) is 0 Å². The highest BCUT2D eigenvalue weighted by molar-refractivity contribution is 5.74. The zero-order valence-corrected chi connectivity index (χ0v) is 8.53. The Morgan fingerprint density at radius 3 is 2.87 bits per heavy atom. The van der Waals surface area contributed by atoms with Gasteiger partial charge in [-0.05, 0) is 26.2 Å². The van der Waals surface area contributed by atoms with Crippen molar-refractivity contribution in [1.82, 2.24) is 9.97 Å². The molecule has 1 aromatic rings. The minimum absolute atomic E-state index is 0.320. The van der Waals surface area contributed by atoms with Gasteiger partial charge in [0.15, 0.2) is 0 Å². The summed E-state index contributed by atoms with van der Waals surface area (Å²) in [5.41, 5.74) is 7.69. The molecule has 0 aromatic carbocycles. The molecule has 0 fully saturated rings. The number of aliphatic carboxylic acids is 1. The number of nitrogen functional groups attached to an aromatic ring is 1. The van der Waals surface area contributed by atoms with Crippen LogP contribution in [-0.4, -0.2) is 21.0 Å². The van der Waals surface area contributed by atoms with Crippen LogP contribution in [0.3, 0.4) is 0 Å². The number of aromatic nitrogens is 2. The normalized spacial score (nSPS) is 16.1. The molecular weight excluding hydrogens is 194 g/mol. The fraction of sp³-hybridized carbons (Fsp3) is 0.500. The van der Waals surface area contributed by atoms with Gasteiger partial charge in [-0.25, -0.2) is 9.97 Å². The molecular formula is C10H13N3O2. The third kappa shape index (κ3) is 1.65. The van der Waals surface area contributed by atoms with E-state index in [4.69, 9.17) is 10.8 Å². The van der Waals surface area contributed by atoms with Crippen LogP contribution >= 0.6 is 0 Å². The van der Waals surface area contributed by atoms with Gasteiger partial charge in [0.05, 0.1) is 0 Å². The number of aryl methyl sites for hydroxylation is 1. The first kappa shape index (κ1) is 9.89. The number of carboxylic acids is 1. The van der Waals surface area contributed by atoms with Gasteiger partial charge in [0.2, 0.25) is 0 Å². The molecule has 0 saturated carbocycles. The Hall–Kier alpha value is -1.65. The largest absolute Gasteiger partial charge is 0.481 e. The molecule has 1 heterocycles. The summed E-state index contributed by atoms with van der Waals surface area (Å²) >= 11 is 0. The number of hydrogen-bond acceptors (Lipinski definition) is 4. The van der Waals surface area contributed by atoms with Crippen LogP contribution in [0.2, 0.25) is 0 Å². The fourth-order valence-corrected chi connectivity index (χ4v) is 1.79. The van der Waals surface area contributed by atoms with Crippen molar-refractivity contribution in [1.29, 1.82) is 0 Å². The van der Waals surface area contributed by atoms with E-state index in [1.165, 1.54) is 0 Å². The number of carbonyl (C=O) groups is 1. The van der Waals surface area contributed by atoms with E-state index in [2.05, 4.69) is 9.97 Å². The van der Waals surface area contributed by atoms with Gasteiger partial charge in [-0.2, -0.15) is 0 Å². The predicted octanol–water partition coefficient (Wildman–Crippen LogP) is 0.736. The Kier molecular flexibility index (Phi) is 2.30. The number of rotatable bonds is 2. The average molecular weight is 207 g/mol. The molecule has 80 valence electrons. The molecule has 0 bridgehead atoms. The fourth-order valence-electron chi connectivity index (χ4n) is 1.79. The van der Waals surface area contributed by atoms with Crippen LogP contribution in [0, 0.1) is 0 Å². The van der Waals surface area contributed by atoms with Crippen LogP contribution in [0.4, 0.5) is 5.82 Å². The molecule has 1 atom stereocenters. The zero-order chi connectivity index (χ0) is 11.0. The van der Waals surface area contributed by atoms with Crippen molar-refractivity contribution in [2.24, 2.45) is 0 Å². The molecule has 15 heavy (non-hydrogen) atoms. The molecule has 0 radical (unpaired) electrons. The third-order valence-electron chi connectivity index (χ3n) is 2.74. The molecule has 0 amide bonds. The zero-order valence-electron chi connectivity index (χ0n) is 8.53. The van der Waals surface area contributed by atoms with Gasteiger partial charge in [0.1, 0.15) is 17.6 Å². The van der Waals surface area contributed by atoms with E-state index in [1.54, 1.807) is 6.92 Å². The lowest BCUT2D eigenvalue weighted by atomic mass is 10.1. The van der Waals surface area contributed by atoms with Crippen molar-refractivity contribution < 1.29 is 9.90 Å². The molecule has 1 aromatic heterocycles. The van der Waals surface area contributed by atoms with E-state index in [1.807, 2.05) is 0 Å². The molecule has 5 nitrogen and oxygen atoms in total. The third-order valence-corrected chi connectivity index (χ3v) is 2.74. The van der Waals surface area contributed by atoms with Crippen molar-refractivity contribution in [3.05, 3.63) is 17.1 Å². The van der Waals surface area contributed by atoms with E-state index in [-0.39, 0.29) is 0 Å². The van der Waals surface area contributed by atoms with E-state index in [9.17, 15) is 4.79 Å². The maximum Gasteiger partial charge on any atom is 0.313 e. The highest BCUT2D eigenvalue weighted by Gasteiger charge is 2.22. The lowest BCUT2D eigenvalue weighted by Gasteiger charge is -2.09. The highest BCUT2D eigenvalue weighted by Crippen LogP contribution is 2.26. The summed E-state index contributed by atoms with van der Waals surface area (Å²) in [5.74, 6) is -0.855. The summed E-state index contributed by atoms with van der Waals surface area (Å²) in [4.78, 5) is 19.1. The van der Waals surface area contributed by atoms with Crippen LogP contribution in [0.15, 0.2) is 0 Å². The van der Waals surface area contributed by atoms with Gasteiger partial charge in [-0.1, -0.05) is 0 Å². The molecule has 1 aliphatic rings. The second kappa shape index (κ2) is 3.49. The Morgan fingerprint density at radius 2 is 2.20 bits per heavy atom. The number of nitrogens with zero attached hydrogens (tertiary/aromatic N) is 2. The lowest BCUT2D eigenvalue weighted by Crippen LogP contribution is -2.14. The minimum atomic E-state index is -0.924. The highest BCUT2D eigenvalue weighted by atomic mass is 16.4. The van der Waals surface area contributed by atoms with Crippen LogP contribution in [-0.2, 0) is 17.6 Å². The van der Waals surface area contributed by atoms with Gasteiger partial charge < -0.3 is 10.8 Å². The van der Waals surface area contributed by atoms with Gasteiger partial charge in [0.25, 0.3) is 0 Å². The minimum Gasteiger partial charge on any atom is -0.481 e. The van der Waals surface area contributed by atoms with Gasteiger partial charge >= 0.3 is 5.97 Å². The van der Waals surface area contributed by atoms with Crippen molar-refractivity contribution in [3.63, 3.8) is 0 Å². The molecule has 0 aliphatic heterocycles. The molecule has 5 heteroatoms. The Bertz CT molecular complexity index is 417. The smallest absolute Gasteiger partial charge is 0.313 e. The molecule has 3 N–H and O–H groups in total. The molecule has 1 unspecified atom stereocenters. The maximum absolute atomic E-state index is 10.8. The van der Waals surface area contributed by atoms with Crippen molar-refractivity contribution >= 4 is 11.8 Å². The number of anilines is 1. The van der Waals surface area contributed by atoms with Crippen molar-refractivity contribution in [3.8, 4) is 0 Å². The van der Waals surface area contributed by atoms with E-state index >= 15 is 0 Å². The summed E-state index contributed by atoms with van der Waals surface area (Å²) in [5, 5.41) is 8.85. The summed E-state index contributed by atoms with van der Waals surface area (Å²) in [6, 6.07) is 0. The number of carboxylic acid groups (broad SMARTS) is 1. The van der Waals surface area contributed by atoms with Crippen LogP contribution < -0.4 is 5.73 Å². The monoisotopic (exact) mass is 207 g/mol. The van der Waals surface area contributed by atoms with Crippen molar-refractivity contribution in [2.75, 3.05) is 5.73 Å². The lowest BCUT2D eigenvalue weighted by molar-refractivity contribution is -0.138. The molecule has 0 saturated heterocycles. The van der Waals surface area contributed by atoms with Crippen molar-refractivity contribution in [2.45, 2.75) is 32.1 Å². The quantitative estimate of drug-likeness (QED) is 0.746. The second-order valence-corrected chi connectivity index (χ2v) is 3.81. The first-order chi connectivity index (χ1) is 7.09. The molecule has 0 spiro atoms. The second-order valence-electron chi connectivity index (χ2n) is 3.81. The predicted molar refractivity (Wildman–Crippen MR) is 54.5 cm³/mol. The Morgan fingerprint density at radius 1 is 1.47 bits per heavy atom. The topological polar surface area (TPSA) is 89.1 Å².